The number of hydrogen-bond donors (Lipinski definition) is 1. The van der Waals surface area contributed by atoms with Gasteiger partial charge in [-0.3, -0.25) is 0 Å². The third-order valence-electron chi connectivity index (χ3n) is 2.96. The number of rotatable bonds is 5. The Bertz CT molecular complexity index is 575. The summed E-state index contributed by atoms with van der Waals surface area (Å²) in [5, 5.41) is 12.0. The van der Waals surface area contributed by atoms with E-state index in [4.69, 9.17) is 21.1 Å². The van der Waals surface area contributed by atoms with Crippen molar-refractivity contribution < 1.29 is 9.47 Å². The molecule has 0 saturated heterocycles. The predicted octanol–water partition coefficient (Wildman–Crippen LogP) is 2.46. The SMILES string of the molecule is CNC(c1ccc(OC)nn1)c1cc(Cl)ccc1OC. The fourth-order valence-corrected chi connectivity index (χ4v) is 2.17. The average Bonchev–Trinajstić information content (AvgIpc) is 2.49. The number of benzene rings is 1. The van der Waals surface area contributed by atoms with Crippen LogP contribution in [0.4, 0.5) is 0 Å². The lowest BCUT2D eigenvalue weighted by Gasteiger charge is -2.19. The summed E-state index contributed by atoms with van der Waals surface area (Å²) in [5.41, 5.74) is 1.66. The molecular formula is C14H16ClN3O2. The van der Waals surface area contributed by atoms with Gasteiger partial charge in [0.25, 0.3) is 0 Å². The van der Waals surface area contributed by atoms with Gasteiger partial charge in [0.1, 0.15) is 5.75 Å². The first-order chi connectivity index (χ1) is 9.69. The number of ether oxygens (including phenoxy) is 2. The maximum atomic E-state index is 6.07. The van der Waals surface area contributed by atoms with E-state index in [0.717, 1.165) is 17.0 Å². The molecule has 1 aromatic heterocycles. The van der Waals surface area contributed by atoms with Gasteiger partial charge in [0.05, 0.1) is 26.0 Å². The lowest BCUT2D eigenvalue weighted by atomic mass is 10.0. The van der Waals surface area contributed by atoms with Gasteiger partial charge in [0, 0.05) is 16.7 Å². The Morgan fingerprint density at radius 3 is 2.45 bits per heavy atom. The van der Waals surface area contributed by atoms with E-state index < -0.39 is 0 Å². The van der Waals surface area contributed by atoms with Gasteiger partial charge < -0.3 is 14.8 Å². The minimum absolute atomic E-state index is 0.165. The molecule has 0 fully saturated rings. The van der Waals surface area contributed by atoms with Crippen LogP contribution in [0.3, 0.4) is 0 Å². The minimum Gasteiger partial charge on any atom is -0.496 e. The summed E-state index contributed by atoms with van der Waals surface area (Å²) in [6, 6.07) is 8.93. The van der Waals surface area contributed by atoms with Gasteiger partial charge in [-0.15, -0.1) is 10.2 Å². The Morgan fingerprint density at radius 1 is 1.10 bits per heavy atom. The zero-order chi connectivity index (χ0) is 14.5. The molecule has 0 spiro atoms. The third kappa shape index (κ3) is 3.00. The molecule has 5 nitrogen and oxygen atoms in total. The zero-order valence-electron chi connectivity index (χ0n) is 11.6. The number of hydrogen-bond acceptors (Lipinski definition) is 5. The summed E-state index contributed by atoms with van der Waals surface area (Å²) in [5.74, 6) is 1.22. The van der Waals surface area contributed by atoms with Gasteiger partial charge in [0.2, 0.25) is 5.88 Å². The quantitative estimate of drug-likeness (QED) is 0.918. The number of nitrogens with zero attached hydrogens (tertiary/aromatic N) is 2. The first kappa shape index (κ1) is 14.6. The fraction of sp³-hybridized carbons (Fsp3) is 0.286. The van der Waals surface area contributed by atoms with Gasteiger partial charge in [-0.1, -0.05) is 11.6 Å². The van der Waals surface area contributed by atoms with E-state index in [1.807, 2.05) is 25.2 Å². The molecule has 0 aliphatic heterocycles. The molecule has 1 unspecified atom stereocenters. The molecular weight excluding hydrogens is 278 g/mol. The van der Waals surface area contributed by atoms with Crippen LogP contribution in [0.2, 0.25) is 5.02 Å². The van der Waals surface area contributed by atoms with E-state index in [1.54, 1.807) is 26.4 Å². The Balaban J connectivity index is 2.43. The normalized spacial score (nSPS) is 12.0. The molecule has 106 valence electrons. The Kier molecular flexibility index (Phi) is 4.76. The predicted molar refractivity (Wildman–Crippen MR) is 77.5 cm³/mol. The highest BCUT2D eigenvalue weighted by atomic mass is 35.5. The number of nitrogens with one attached hydrogen (secondary N) is 1. The van der Waals surface area contributed by atoms with Crippen molar-refractivity contribution in [2.45, 2.75) is 6.04 Å². The van der Waals surface area contributed by atoms with Crippen molar-refractivity contribution in [3.8, 4) is 11.6 Å². The van der Waals surface area contributed by atoms with Crippen LogP contribution >= 0.6 is 11.6 Å². The molecule has 6 heteroatoms. The van der Waals surface area contributed by atoms with Gasteiger partial charge in [-0.05, 0) is 31.3 Å². The van der Waals surface area contributed by atoms with Crippen molar-refractivity contribution in [1.82, 2.24) is 15.5 Å². The molecule has 1 atom stereocenters. The van der Waals surface area contributed by atoms with Gasteiger partial charge in [-0.2, -0.15) is 0 Å². The molecule has 0 aliphatic rings. The second-order valence-corrected chi connectivity index (χ2v) is 4.54. The zero-order valence-corrected chi connectivity index (χ0v) is 12.3. The maximum absolute atomic E-state index is 6.07. The summed E-state index contributed by atoms with van der Waals surface area (Å²) in [7, 11) is 5.02. The summed E-state index contributed by atoms with van der Waals surface area (Å²) < 4.78 is 10.4. The van der Waals surface area contributed by atoms with Gasteiger partial charge >= 0.3 is 0 Å². The van der Waals surface area contributed by atoms with Gasteiger partial charge in [0.15, 0.2) is 0 Å². The van der Waals surface area contributed by atoms with Crippen LogP contribution in [0.5, 0.6) is 11.6 Å². The maximum Gasteiger partial charge on any atom is 0.233 e. The van der Waals surface area contributed by atoms with E-state index in [2.05, 4.69) is 15.5 Å². The number of methoxy groups -OCH3 is 2. The molecule has 0 amide bonds. The highest BCUT2D eigenvalue weighted by Crippen LogP contribution is 2.31. The Morgan fingerprint density at radius 2 is 1.90 bits per heavy atom. The molecule has 2 aromatic rings. The van der Waals surface area contributed by atoms with Crippen molar-refractivity contribution in [3.63, 3.8) is 0 Å². The van der Waals surface area contributed by atoms with Crippen molar-refractivity contribution in [2.75, 3.05) is 21.3 Å². The number of halogens is 1. The van der Waals surface area contributed by atoms with E-state index in [0.29, 0.717) is 10.9 Å². The summed E-state index contributed by atoms with van der Waals surface area (Å²) in [6.45, 7) is 0. The summed E-state index contributed by atoms with van der Waals surface area (Å²) in [4.78, 5) is 0. The second kappa shape index (κ2) is 6.54. The van der Waals surface area contributed by atoms with Crippen LogP contribution in [0.25, 0.3) is 0 Å². The molecule has 20 heavy (non-hydrogen) atoms. The first-order valence-electron chi connectivity index (χ1n) is 6.08. The summed E-state index contributed by atoms with van der Waals surface area (Å²) in [6.07, 6.45) is 0. The van der Waals surface area contributed by atoms with Crippen molar-refractivity contribution in [1.29, 1.82) is 0 Å². The standard InChI is InChI=1S/C14H16ClN3O2/c1-16-14(11-5-7-13(20-3)18-17-11)10-8-9(15)4-6-12(10)19-2/h4-8,14,16H,1-3H3. The van der Waals surface area contributed by atoms with E-state index in [1.165, 1.54) is 0 Å². The van der Waals surface area contributed by atoms with Crippen molar-refractivity contribution >= 4 is 11.6 Å². The minimum atomic E-state index is -0.165. The topological polar surface area (TPSA) is 56.3 Å². The molecule has 0 radical (unpaired) electrons. The highest BCUT2D eigenvalue weighted by Gasteiger charge is 2.19. The van der Waals surface area contributed by atoms with Crippen LogP contribution in [-0.2, 0) is 0 Å². The monoisotopic (exact) mass is 293 g/mol. The first-order valence-corrected chi connectivity index (χ1v) is 6.45. The third-order valence-corrected chi connectivity index (χ3v) is 3.19. The molecule has 0 bridgehead atoms. The second-order valence-electron chi connectivity index (χ2n) is 4.11. The van der Waals surface area contributed by atoms with Crippen molar-refractivity contribution in [2.24, 2.45) is 0 Å². The smallest absolute Gasteiger partial charge is 0.233 e. The van der Waals surface area contributed by atoms with Gasteiger partial charge in [-0.25, -0.2) is 0 Å². The summed E-state index contributed by atoms with van der Waals surface area (Å²) >= 11 is 6.07. The number of aromatic nitrogens is 2. The molecule has 2 rings (SSSR count). The largest absolute Gasteiger partial charge is 0.496 e. The van der Waals surface area contributed by atoms with Crippen LogP contribution in [0.1, 0.15) is 17.3 Å². The van der Waals surface area contributed by atoms with Crippen LogP contribution < -0.4 is 14.8 Å². The molecule has 1 heterocycles. The lowest BCUT2D eigenvalue weighted by molar-refractivity contribution is 0.389. The van der Waals surface area contributed by atoms with E-state index in [-0.39, 0.29) is 6.04 Å². The van der Waals surface area contributed by atoms with E-state index >= 15 is 0 Å². The molecule has 1 aromatic carbocycles. The highest BCUT2D eigenvalue weighted by molar-refractivity contribution is 6.30. The van der Waals surface area contributed by atoms with Crippen molar-refractivity contribution in [3.05, 3.63) is 46.6 Å². The molecule has 0 aliphatic carbocycles. The Hall–Kier alpha value is -1.85. The Labute approximate surface area is 122 Å². The average molecular weight is 294 g/mol. The van der Waals surface area contributed by atoms with Crippen LogP contribution in [-0.4, -0.2) is 31.5 Å². The fourth-order valence-electron chi connectivity index (χ4n) is 1.99. The lowest BCUT2D eigenvalue weighted by Crippen LogP contribution is -2.20. The molecule has 1 N–H and O–H groups in total. The molecule has 0 saturated carbocycles. The van der Waals surface area contributed by atoms with Crippen LogP contribution in [0.15, 0.2) is 30.3 Å². The van der Waals surface area contributed by atoms with Crippen LogP contribution in [0, 0.1) is 0 Å². The van der Waals surface area contributed by atoms with E-state index in [9.17, 15) is 0 Å².